The Morgan fingerprint density at radius 3 is 2.12 bits per heavy atom. The van der Waals surface area contributed by atoms with Gasteiger partial charge in [-0.25, -0.2) is 4.79 Å². The van der Waals surface area contributed by atoms with Crippen molar-refractivity contribution in [1.29, 1.82) is 0 Å². The number of aliphatic hydroxyl groups excluding tert-OH is 3. The number of hydrogen-bond donors (Lipinski definition) is 4. The SMILES string of the molecule is CC[C@@]1(OC(C)=O)C2[C@H](OC(=O)c3ccccc3)[C@]3(O)C[C@H](O)C(C)=C([C@@H](OC(C)=O)[C@@H](O)[C@]2(C)[C@@H](C)C[C@H]1O)C3(C)C. The number of hydrogen-bond acceptors (Lipinski definition) is 10. The second-order valence-electron chi connectivity index (χ2n) is 13.4. The van der Waals surface area contributed by atoms with E-state index < -0.39 is 82.3 Å². The Labute approximate surface area is 253 Å². The molecule has 2 fully saturated rings. The van der Waals surface area contributed by atoms with Crippen LogP contribution in [0.2, 0.25) is 0 Å². The Kier molecular flexibility index (Phi) is 8.69. The van der Waals surface area contributed by atoms with E-state index in [1.807, 2.05) is 6.92 Å². The van der Waals surface area contributed by atoms with Crippen molar-refractivity contribution in [3.8, 4) is 0 Å². The van der Waals surface area contributed by atoms with E-state index in [0.717, 1.165) is 0 Å². The molecule has 0 radical (unpaired) electrons. The van der Waals surface area contributed by atoms with Gasteiger partial charge in [-0.1, -0.05) is 52.8 Å². The summed E-state index contributed by atoms with van der Waals surface area (Å²) in [5.74, 6) is -3.88. The summed E-state index contributed by atoms with van der Waals surface area (Å²) in [7, 11) is 0. The number of ether oxygens (including phenoxy) is 3. The van der Waals surface area contributed by atoms with E-state index >= 15 is 0 Å². The van der Waals surface area contributed by atoms with E-state index in [1.54, 1.807) is 65.0 Å². The molecule has 0 saturated heterocycles. The summed E-state index contributed by atoms with van der Waals surface area (Å²) in [6.07, 6.45) is -6.95. The minimum absolute atomic E-state index is 0.0475. The summed E-state index contributed by atoms with van der Waals surface area (Å²) in [5.41, 5.74) is -5.56. The predicted octanol–water partition coefficient (Wildman–Crippen LogP) is 3.09. The summed E-state index contributed by atoms with van der Waals surface area (Å²) >= 11 is 0. The van der Waals surface area contributed by atoms with Crippen LogP contribution in [0.4, 0.5) is 0 Å². The van der Waals surface area contributed by atoms with Crippen molar-refractivity contribution in [1.82, 2.24) is 0 Å². The molecule has 4 rings (SSSR count). The Balaban J connectivity index is 2.14. The molecular formula is C33H46O10. The van der Waals surface area contributed by atoms with E-state index in [-0.39, 0.29) is 24.8 Å². The van der Waals surface area contributed by atoms with Gasteiger partial charge in [-0.05, 0) is 49.0 Å². The van der Waals surface area contributed by atoms with Crippen LogP contribution in [0, 0.1) is 22.7 Å². The van der Waals surface area contributed by atoms with Crippen molar-refractivity contribution in [2.75, 3.05) is 0 Å². The molecule has 0 heterocycles. The first-order chi connectivity index (χ1) is 19.9. The average molecular weight is 603 g/mol. The summed E-state index contributed by atoms with van der Waals surface area (Å²) < 4.78 is 18.2. The average Bonchev–Trinajstić information content (AvgIpc) is 2.92. The molecule has 0 spiro atoms. The summed E-state index contributed by atoms with van der Waals surface area (Å²) in [6.45, 7) is 12.7. The normalized spacial score (nSPS) is 40.4. The lowest BCUT2D eigenvalue weighted by Gasteiger charge is -2.67. The molecule has 4 N–H and O–H groups in total. The fourth-order valence-corrected chi connectivity index (χ4v) is 8.46. The topological polar surface area (TPSA) is 160 Å². The first kappa shape index (κ1) is 33.1. The quantitative estimate of drug-likeness (QED) is 0.224. The van der Waals surface area contributed by atoms with Crippen LogP contribution in [0.1, 0.15) is 85.0 Å². The summed E-state index contributed by atoms with van der Waals surface area (Å²) in [5, 5.41) is 48.6. The molecule has 10 nitrogen and oxygen atoms in total. The molecular weight excluding hydrogens is 556 g/mol. The zero-order valence-corrected chi connectivity index (χ0v) is 26.3. The summed E-state index contributed by atoms with van der Waals surface area (Å²) in [6, 6.07) is 8.20. The molecule has 43 heavy (non-hydrogen) atoms. The second kappa shape index (κ2) is 11.3. The van der Waals surface area contributed by atoms with E-state index in [2.05, 4.69) is 0 Å². The van der Waals surface area contributed by atoms with Crippen molar-refractivity contribution in [3.63, 3.8) is 0 Å². The number of benzene rings is 1. The molecule has 1 aromatic carbocycles. The molecule has 1 unspecified atom stereocenters. The number of rotatable bonds is 5. The van der Waals surface area contributed by atoms with Gasteiger partial charge in [0, 0.05) is 37.0 Å². The predicted molar refractivity (Wildman–Crippen MR) is 155 cm³/mol. The Hall–Kier alpha value is -2.79. The fraction of sp³-hybridized carbons (Fsp3) is 0.667. The molecule has 2 bridgehead atoms. The molecule has 1 aromatic rings. The number of aliphatic hydroxyl groups is 4. The van der Waals surface area contributed by atoms with Crippen molar-refractivity contribution >= 4 is 17.9 Å². The van der Waals surface area contributed by atoms with Crippen LogP contribution >= 0.6 is 0 Å². The van der Waals surface area contributed by atoms with Crippen LogP contribution < -0.4 is 0 Å². The molecule has 0 amide bonds. The van der Waals surface area contributed by atoms with Crippen molar-refractivity contribution in [3.05, 3.63) is 47.0 Å². The lowest BCUT2D eigenvalue weighted by Crippen LogP contribution is -2.77. The van der Waals surface area contributed by atoms with Crippen molar-refractivity contribution < 1.29 is 49.0 Å². The van der Waals surface area contributed by atoms with E-state index in [9.17, 15) is 34.8 Å². The number of carbonyl (C=O) groups is 3. The number of fused-ring (bicyclic) bond motifs is 3. The van der Waals surface area contributed by atoms with Gasteiger partial charge >= 0.3 is 17.9 Å². The minimum Gasteiger partial charge on any atom is -0.456 e. The third-order valence-corrected chi connectivity index (χ3v) is 11.0. The van der Waals surface area contributed by atoms with Gasteiger partial charge in [0.2, 0.25) is 0 Å². The molecule has 238 valence electrons. The molecule has 10 atom stereocenters. The van der Waals surface area contributed by atoms with Crippen LogP contribution in [-0.4, -0.2) is 80.1 Å². The van der Waals surface area contributed by atoms with Gasteiger partial charge in [-0.3, -0.25) is 9.59 Å². The highest BCUT2D eigenvalue weighted by Gasteiger charge is 2.74. The van der Waals surface area contributed by atoms with E-state index in [4.69, 9.17) is 14.2 Å². The number of carbonyl (C=O) groups excluding carboxylic acids is 3. The maximum absolute atomic E-state index is 13.8. The van der Waals surface area contributed by atoms with Crippen molar-refractivity contribution in [2.24, 2.45) is 22.7 Å². The van der Waals surface area contributed by atoms with Gasteiger partial charge < -0.3 is 34.6 Å². The highest BCUT2D eigenvalue weighted by molar-refractivity contribution is 5.89. The van der Waals surface area contributed by atoms with Crippen LogP contribution in [0.25, 0.3) is 0 Å². The van der Waals surface area contributed by atoms with Crippen LogP contribution in [-0.2, 0) is 23.8 Å². The van der Waals surface area contributed by atoms with Gasteiger partial charge in [0.25, 0.3) is 0 Å². The third kappa shape index (κ3) is 4.90. The third-order valence-electron chi connectivity index (χ3n) is 11.0. The fourth-order valence-electron chi connectivity index (χ4n) is 8.46. The maximum Gasteiger partial charge on any atom is 0.338 e. The molecule has 3 aliphatic carbocycles. The Morgan fingerprint density at radius 2 is 1.58 bits per heavy atom. The Bertz CT molecular complexity index is 1290. The zero-order chi connectivity index (χ0) is 32.3. The largest absolute Gasteiger partial charge is 0.456 e. The first-order valence-electron chi connectivity index (χ1n) is 15.0. The smallest absolute Gasteiger partial charge is 0.338 e. The van der Waals surface area contributed by atoms with Gasteiger partial charge in [-0.15, -0.1) is 0 Å². The molecule has 2 saturated carbocycles. The lowest BCUT2D eigenvalue weighted by molar-refractivity contribution is -0.302. The van der Waals surface area contributed by atoms with Crippen LogP contribution in [0.3, 0.4) is 0 Å². The second-order valence-corrected chi connectivity index (χ2v) is 13.4. The highest BCUT2D eigenvalue weighted by atomic mass is 16.6. The first-order valence-corrected chi connectivity index (χ1v) is 15.0. The Morgan fingerprint density at radius 1 is 0.977 bits per heavy atom. The maximum atomic E-state index is 13.8. The summed E-state index contributed by atoms with van der Waals surface area (Å²) in [4.78, 5) is 39.1. The molecule has 3 aliphatic rings. The monoisotopic (exact) mass is 602 g/mol. The van der Waals surface area contributed by atoms with Gasteiger partial charge in [-0.2, -0.15) is 0 Å². The minimum atomic E-state index is -2.05. The van der Waals surface area contributed by atoms with Crippen LogP contribution in [0.15, 0.2) is 41.5 Å². The van der Waals surface area contributed by atoms with Crippen molar-refractivity contribution in [2.45, 2.75) is 116 Å². The number of esters is 3. The van der Waals surface area contributed by atoms with E-state index in [1.165, 1.54) is 13.8 Å². The van der Waals surface area contributed by atoms with Crippen LogP contribution in [0.5, 0.6) is 0 Å². The lowest BCUT2D eigenvalue weighted by atomic mass is 9.43. The standard InChI is InChI=1S/C33H46O10/c1-9-32(43-20(5)35)23(37)15-17(2)31(8)26(32)28(42-29(39)21-13-11-10-12-14-21)33(40)16-22(36)18(3)24(30(33,6)7)25(27(31)38)41-19(4)34/h10-14,17,22-23,25-28,36-38,40H,9,15-16H2,1-8H3/t17-,22-,23+,25+,26?,27+,28-,31+,32-,33+/m0/s1. The molecule has 0 aromatic heterocycles. The highest BCUT2D eigenvalue weighted by Crippen LogP contribution is 2.65. The van der Waals surface area contributed by atoms with E-state index in [0.29, 0.717) is 11.1 Å². The zero-order valence-electron chi connectivity index (χ0n) is 26.3. The van der Waals surface area contributed by atoms with Gasteiger partial charge in [0.05, 0.1) is 17.8 Å². The molecule has 10 heteroatoms. The van der Waals surface area contributed by atoms with Gasteiger partial charge in [0.1, 0.15) is 23.4 Å². The van der Waals surface area contributed by atoms with Gasteiger partial charge in [0.15, 0.2) is 6.10 Å². The molecule has 0 aliphatic heterocycles.